The zero-order valence-electron chi connectivity index (χ0n) is 16.6. The molecule has 0 unspecified atom stereocenters. The molecule has 1 aromatic rings. The molecule has 0 amide bonds. The van der Waals surface area contributed by atoms with E-state index < -0.39 is 0 Å². The van der Waals surface area contributed by atoms with Crippen molar-refractivity contribution in [1.82, 2.24) is 4.90 Å². The van der Waals surface area contributed by atoms with E-state index in [4.69, 9.17) is 14.0 Å². The SMILES string of the molecule is CN(C)Cc1cc(C2CCOCC2)ccc1B1OC(C)(C)C(C)(C)O1. The van der Waals surface area contributed by atoms with E-state index in [1.165, 1.54) is 11.1 Å². The van der Waals surface area contributed by atoms with Crippen molar-refractivity contribution in [3.05, 3.63) is 29.3 Å². The summed E-state index contributed by atoms with van der Waals surface area (Å²) >= 11 is 0. The van der Waals surface area contributed by atoms with Crippen LogP contribution in [0.25, 0.3) is 0 Å². The third-order valence-corrected chi connectivity index (χ3v) is 5.85. The van der Waals surface area contributed by atoms with E-state index >= 15 is 0 Å². The Labute approximate surface area is 153 Å². The van der Waals surface area contributed by atoms with Crippen LogP contribution in [0.4, 0.5) is 0 Å². The fourth-order valence-electron chi connectivity index (χ4n) is 3.59. The minimum Gasteiger partial charge on any atom is -0.399 e. The number of rotatable bonds is 4. The lowest BCUT2D eigenvalue weighted by molar-refractivity contribution is 0.00578. The van der Waals surface area contributed by atoms with E-state index in [0.717, 1.165) is 38.1 Å². The van der Waals surface area contributed by atoms with Crippen LogP contribution in [0.2, 0.25) is 0 Å². The second kappa shape index (κ2) is 7.03. The minimum atomic E-state index is -0.313. The average Bonchev–Trinajstić information content (AvgIpc) is 2.75. The smallest absolute Gasteiger partial charge is 0.399 e. The Kier molecular flexibility index (Phi) is 5.32. The van der Waals surface area contributed by atoms with Crippen LogP contribution in [0.3, 0.4) is 0 Å². The summed E-state index contributed by atoms with van der Waals surface area (Å²) in [7, 11) is 3.91. The molecule has 25 heavy (non-hydrogen) atoms. The summed E-state index contributed by atoms with van der Waals surface area (Å²) < 4.78 is 18.1. The minimum absolute atomic E-state index is 0.302. The molecule has 0 N–H and O–H groups in total. The van der Waals surface area contributed by atoms with Gasteiger partial charge in [0, 0.05) is 19.8 Å². The second-order valence-electron chi connectivity index (χ2n) is 8.67. The van der Waals surface area contributed by atoms with Gasteiger partial charge in [-0.2, -0.15) is 0 Å². The first kappa shape index (κ1) is 18.9. The van der Waals surface area contributed by atoms with Crippen LogP contribution >= 0.6 is 0 Å². The van der Waals surface area contributed by atoms with Crippen molar-refractivity contribution in [2.75, 3.05) is 27.3 Å². The van der Waals surface area contributed by atoms with E-state index in [2.05, 4.69) is 64.9 Å². The first-order chi connectivity index (χ1) is 11.7. The molecule has 2 fully saturated rings. The Balaban J connectivity index is 1.90. The van der Waals surface area contributed by atoms with Gasteiger partial charge in [0.2, 0.25) is 0 Å². The third kappa shape index (κ3) is 3.95. The summed E-state index contributed by atoms with van der Waals surface area (Å²) in [6.07, 6.45) is 2.22. The van der Waals surface area contributed by atoms with E-state index in [0.29, 0.717) is 5.92 Å². The number of nitrogens with zero attached hydrogens (tertiary/aromatic N) is 1. The predicted molar refractivity (Wildman–Crippen MR) is 102 cm³/mol. The molecule has 0 aromatic heterocycles. The number of benzene rings is 1. The molecule has 2 saturated heterocycles. The molecule has 0 radical (unpaired) electrons. The fraction of sp³-hybridized carbons (Fsp3) is 0.700. The monoisotopic (exact) mass is 345 g/mol. The van der Waals surface area contributed by atoms with Gasteiger partial charge in [0.25, 0.3) is 0 Å². The highest BCUT2D eigenvalue weighted by atomic mass is 16.7. The van der Waals surface area contributed by atoms with Gasteiger partial charge >= 0.3 is 7.12 Å². The number of ether oxygens (including phenoxy) is 1. The molecule has 0 spiro atoms. The van der Waals surface area contributed by atoms with Gasteiger partial charge in [-0.05, 0) is 77.1 Å². The van der Waals surface area contributed by atoms with E-state index in [1.54, 1.807) is 0 Å². The van der Waals surface area contributed by atoms with Crippen molar-refractivity contribution >= 4 is 12.6 Å². The van der Waals surface area contributed by atoms with E-state index in [9.17, 15) is 0 Å². The molecule has 4 nitrogen and oxygen atoms in total. The van der Waals surface area contributed by atoms with Crippen LogP contribution in [0.1, 0.15) is 57.6 Å². The molecule has 1 aromatic carbocycles. The Morgan fingerprint density at radius 1 is 1.04 bits per heavy atom. The van der Waals surface area contributed by atoms with Gasteiger partial charge in [-0.3, -0.25) is 0 Å². The maximum atomic E-state index is 6.30. The normalized spacial score (nSPS) is 23.4. The lowest BCUT2D eigenvalue weighted by Crippen LogP contribution is -2.41. The molecule has 2 heterocycles. The number of hydrogen-bond donors (Lipinski definition) is 0. The van der Waals surface area contributed by atoms with Gasteiger partial charge in [-0.25, -0.2) is 0 Å². The largest absolute Gasteiger partial charge is 0.495 e. The average molecular weight is 345 g/mol. The fourth-order valence-corrected chi connectivity index (χ4v) is 3.59. The summed E-state index contributed by atoms with van der Waals surface area (Å²) in [6, 6.07) is 6.83. The van der Waals surface area contributed by atoms with Crippen LogP contribution in [0, 0.1) is 0 Å². The highest BCUT2D eigenvalue weighted by molar-refractivity contribution is 6.62. The summed E-state index contributed by atoms with van der Waals surface area (Å²) in [4.78, 5) is 2.21. The third-order valence-electron chi connectivity index (χ3n) is 5.85. The van der Waals surface area contributed by atoms with Gasteiger partial charge < -0.3 is 18.9 Å². The molecule has 3 rings (SSSR count). The van der Waals surface area contributed by atoms with E-state index in [1.807, 2.05) is 0 Å². The molecular weight excluding hydrogens is 313 g/mol. The standard InChI is InChI=1S/C20H32BNO3/c1-19(2)20(3,4)25-21(24-19)18-8-7-16(13-17(18)14-22(5)6)15-9-11-23-12-10-15/h7-8,13,15H,9-12,14H2,1-6H3. The quantitative estimate of drug-likeness (QED) is 0.785. The van der Waals surface area contributed by atoms with Crippen molar-refractivity contribution in [1.29, 1.82) is 0 Å². The number of hydrogen-bond acceptors (Lipinski definition) is 4. The summed E-state index contributed by atoms with van der Waals surface area (Å²) in [5, 5.41) is 0. The maximum absolute atomic E-state index is 6.30. The molecule has 2 aliphatic heterocycles. The zero-order chi connectivity index (χ0) is 18.2. The van der Waals surface area contributed by atoms with Crippen LogP contribution in [-0.4, -0.2) is 50.5 Å². The van der Waals surface area contributed by atoms with Crippen LogP contribution in [-0.2, 0) is 20.6 Å². The lowest BCUT2D eigenvalue weighted by atomic mass is 9.74. The zero-order valence-corrected chi connectivity index (χ0v) is 16.6. The molecule has 0 bridgehead atoms. The van der Waals surface area contributed by atoms with Crippen molar-refractivity contribution in [3.8, 4) is 0 Å². The Hall–Kier alpha value is -0.875. The Morgan fingerprint density at radius 2 is 1.64 bits per heavy atom. The van der Waals surface area contributed by atoms with Gasteiger partial charge in [-0.15, -0.1) is 0 Å². The molecule has 0 saturated carbocycles. The highest BCUT2D eigenvalue weighted by Gasteiger charge is 2.52. The Morgan fingerprint density at radius 3 is 2.20 bits per heavy atom. The topological polar surface area (TPSA) is 30.9 Å². The molecule has 2 aliphatic rings. The molecule has 0 aliphatic carbocycles. The molecule has 5 heteroatoms. The first-order valence-corrected chi connectivity index (χ1v) is 9.40. The maximum Gasteiger partial charge on any atom is 0.495 e. The highest BCUT2D eigenvalue weighted by Crippen LogP contribution is 2.37. The van der Waals surface area contributed by atoms with Gasteiger partial charge in [0.15, 0.2) is 0 Å². The lowest BCUT2D eigenvalue weighted by Gasteiger charge is -2.32. The summed E-state index contributed by atoms with van der Waals surface area (Å²) in [5.41, 5.74) is 3.25. The first-order valence-electron chi connectivity index (χ1n) is 9.40. The van der Waals surface area contributed by atoms with Gasteiger partial charge in [0.05, 0.1) is 11.2 Å². The van der Waals surface area contributed by atoms with Crippen molar-refractivity contribution in [2.45, 2.75) is 64.2 Å². The second-order valence-corrected chi connectivity index (χ2v) is 8.67. The predicted octanol–water partition coefficient (Wildman–Crippen LogP) is 2.94. The molecule has 138 valence electrons. The van der Waals surface area contributed by atoms with Crippen molar-refractivity contribution in [3.63, 3.8) is 0 Å². The summed E-state index contributed by atoms with van der Waals surface area (Å²) in [5.74, 6) is 0.599. The van der Waals surface area contributed by atoms with Crippen LogP contribution in [0.15, 0.2) is 18.2 Å². The Bertz CT molecular complexity index is 593. The van der Waals surface area contributed by atoms with Crippen LogP contribution < -0.4 is 5.46 Å². The van der Waals surface area contributed by atoms with Crippen molar-refractivity contribution < 1.29 is 14.0 Å². The van der Waals surface area contributed by atoms with E-state index in [-0.39, 0.29) is 18.3 Å². The van der Waals surface area contributed by atoms with Gasteiger partial charge in [0.1, 0.15) is 0 Å². The summed E-state index contributed by atoms with van der Waals surface area (Å²) in [6.45, 7) is 11.0. The van der Waals surface area contributed by atoms with Crippen LogP contribution in [0.5, 0.6) is 0 Å². The van der Waals surface area contributed by atoms with Gasteiger partial charge in [-0.1, -0.05) is 18.2 Å². The molecule has 0 atom stereocenters. The van der Waals surface area contributed by atoms with Crippen molar-refractivity contribution in [2.24, 2.45) is 0 Å². The molecular formula is C20H32BNO3.